The van der Waals surface area contributed by atoms with E-state index in [1.54, 1.807) is 24.4 Å². The second kappa shape index (κ2) is 8.03. The van der Waals surface area contributed by atoms with Crippen molar-refractivity contribution in [1.29, 1.82) is 0 Å². The summed E-state index contributed by atoms with van der Waals surface area (Å²) in [5.74, 6) is -0.555. The third-order valence-electron chi connectivity index (χ3n) is 4.10. The Morgan fingerprint density at radius 2 is 2.04 bits per heavy atom. The van der Waals surface area contributed by atoms with Gasteiger partial charge in [-0.15, -0.1) is 12.4 Å². The number of alkyl halides is 3. The molecule has 0 aromatic carbocycles. The number of piperazine rings is 1. The number of nitrogens with one attached hydrogen (secondary N) is 2. The van der Waals surface area contributed by atoms with Gasteiger partial charge in [-0.05, 0) is 12.1 Å². The van der Waals surface area contributed by atoms with Crippen molar-refractivity contribution in [2.24, 2.45) is 0 Å². The lowest BCUT2D eigenvalue weighted by Gasteiger charge is -2.35. The molecule has 1 amide bonds. The number of amides is 1. The molecule has 3 heterocycles. The second-order valence-electron chi connectivity index (χ2n) is 5.64. The van der Waals surface area contributed by atoms with Crippen LogP contribution in [-0.2, 0) is 0 Å². The van der Waals surface area contributed by atoms with Gasteiger partial charge >= 0.3 is 6.18 Å². The molecule has 25 heavy (non-hydrogen) atoms. The van der Waals surface area contributed by atoms with Gasteiger partial charge in [0, 0.05) is 38.9 Å². The molecule has 1 atom stereocenters. The number of fused-ring (bicyclic) bond motifs is 1. The Balaban J connectivity index is 0.00000225. The summed E-state index contributed by atoms with van der Waals surface area (Å²) in [4.78, 5) is 13.6. The molecule has 2 aromatic heterocycles. The minimum Gasteiger partial charge on any atom is -0.350 e. The summed E-state index contributed by atoms with van der Waals surface area (Å²) in [6, 6.07) is 3.50. The molecule has 6 nitrogen and oxygen atoms in total. The van der Waals surface area contributed by atoms with Gasteiger partial charge in [-0.1, -0.05) is 6.07 Å². The van der Waals surface area contributed by atoms with E-state index in [-0.39, 0.29) is 18.0 Å². The van der Waals surface area contributed by atoms with Crippen molar-refractivity contribution in [3.63, 3.8) is 0 Å². The van der Waals surface area contributed by atoms with Gasteiger partial charge in [0.1, 0.15) is 6.04 Å². The Morgan fingerprint density at radius 1 is 1.32 bits per heavy atom. The number of aromatic nitrogens is 2. The number of carbonyl (C=O) groups is 1. The zero-order chi connectivity index (χ0) is 17.2. The molecule has 1 aliphatic rings. The van der Waals surface area contributed by atoms with Gasteiger partial charge in [0.05, 0.1) is 17.3 Å². The van der Waals surface area contributed by atoms with Gasteiger partial charge < -0.3 is 10.6 Å². The molecule has 0 radical (unpaired) electrons. The second-order valence-corrected chi connectivity index (χ2v) is 5.64. The van der Waals surface area contributed by atoms with E-state index < -0.39 is 24.7 Å². The highest BCUT2D eigenvalue weighted by molar-refractivity contribution is 6.00. The lowest BCUT2D eigenvalue weighted by atomic mass is 10.2. The van der Waals surface area contributed by atoms with Crippen LogP contribution in [-0.4, -0.2) is 65.4 Å². The van der Waals surface area contributed by atoms with Crippen molar-refractivity contribution >= 4 is 23.8 Å². The number of nitrogens with zero attached hydrogens (tertiary/aromatic N) is 3. The third-order valence-corrected chi connectivity index (χ3v) is 4.10. The largest absolute Gasteiger partial charge is 0.405 e. The first-order valence-electron chi connectivity index (χ1n) is 7.69. The summed E-state index contributed by atoms with van der Waals surface area (Å²) < 4.78 is 41.5. The van der Waals surface area contributed by atoms with Crippen molar-refractivity contribution in [2.75, 3.05) is 32.7 Å². The molecule has 3 rings (SSSR count). The van der Waals surface area contributed by atoms with Gasteiger partial charge in [0.25, 0.3) is 5.91 Å². The maximum Gasteiger partial charge on any atom is 0.405 e. The first-order chi connectivity index (χ1) is 11.5. The lowest BCUT2D eigenvalue weighted by Crippen LogP contribution is -2.57. The van der Waals surface area contributed by atoms with Crippen LogP contribution in [0.5, 0.6) is 0 Å². The van der Waals surface area contributed by atoms with E-state index in [0.29, 0.717) is 31.7 Å². The predicted octanol–water partition coefficient (Wildman–Crippen LogP) is 1.32. The number of hydrogen-bond acceptors (Lipinski definition) is 4. The molecule has 2 aromatic rings. The SMILES string of the molecule is Cl.O=C(NCC(N1CCNCC1)C(F)(F)F)c1cnn2ccccc12. The van der Waals surface area contributed by atoms with Crippen LogP contribution in [0.25, 0.3) is 5.52 Å². The first kappa shape index (κ1) is 19.5. The fraction of sp³-hybridized carbons (Fsp3) is 0.467. The Hall–Kier alpha value is -1.84. The van der Waals surface area contributed by atoms with E-state index in [2.05, 4.69) is 15.7 Å². The highest BCUT2D eigenvalue weighted by Gasteiger charge is 2.43. The summed E-state index contributed by atoms with van der Waals surface area (Å²) in [6.07, 6.45) is -1.37. The molecule has 0 saturated carbocycles. The van der Waals surface area contributed by atoms with Gasteiger partial charge in [-0.2, -0.15) is 18.3 Å². The standard InChI is InChI=1S/C15H18F3N5O.ClH/c16-15(17,18)13(22-7-4-19-5-8-22)10-20-14(24)11-9-21-23-6-2-1-3-12(11)23;/h1-3,6,9,13,19H,4-5,7-8,10H2,(H,20,24);1H. The van der Waals surface area contributed by atoms with E-state index in [0.717, 1.165) is 0 Å². The summed E-state index contributed by atoms with van der Waals surface area (Å²) in [7, 11) is 0. The smallest absolute Gasteiger partial charge is 0.350 e. The average molecular weight is 378 g/mol. The maximum atomic E-state index is 13.3. The zero-order valence-corrected chi connectivity index (χ0v) is 14.1. The van der Waals surface area contributed by atoms with E-state index >= 15 is 0 Å². The van der Waals surface area contributed by atoms with E-state index in [1.165, 1.54) is 15.6 Å². The minimum atomic E-state index is -4.40. The highest BCUT2D eigenvalue weighted by atomic mass is 35.5. The summed E-state index contributed by atoms with van der Waals surface area (Å²) in [5.41, 5.74) is 0.817. The van der Waals surface area contributed by atoms with Crippen LogP contribution in [0.15, 0.2) is 30.6 Å². The van der Waals surface area contributed by atoms with Crippen LogP contribution in [0.4, 0.5) is 13.2 Å². The van der Waals surface area contributed by atoms with Gasteiger partial charge in [0.2, 0.25) is 0 Å². The Kier molecular flexibility index (Phi) is 6.26. The molecule has 138 valence electrons. The first-order valence-corrected chi connectivity index (χ1v) is 7.69. The van der Waals surface area contributed by atoms with E-state index in [9.17, 15) is 18.0 Å². The third kappa shape index (κ3) is 4.42. The molecule has 1 saturated heterocycles. The Morgan fingerprint density at radius 3 is 2.72 bits per heavy atom. The minimum absolute atomic E-state index is 0. The number of rotatable bonds is 4. The Bertz CT molecular complexity index is 714. The molecule has 0 aliphatic carbocycles. The fourth-order valence-electron chi connectivity index (χ4n) is 2.84. The van der Waals surface area contributed by atoms with Crippen LogP contribution < -0.4 is 10.6 Å². The summed E-state index contributed by atoms with van der Waals surface area (Å²) in [6.45, 7) is 1.14. The van der Waals surface area contributed by atoms with Gasteiger partial charge in [0.15, 0.2) is 0 Å². The monoisotopic (exact) mass is 377 g/mol. The van der Waals surface area contributed by atoms with Crippen LogP contribution in [0.2, 0.25) is 0 Å². The van der Waals surface area contributed by atoms with Gasteiger partial charge in [-0.3, -0.25) is 9.69 Å². The normalized spacial score (nSPS) is 17.1. The summed E-state index contributed by atoms with van der Waals surface area (Å²) >= 11 is 0. The molecular formula is C15H19ClF3N5O. The van der Waals surface area contributed by atoms with Crippen molar-refractivity contribution in [1.82, 2.24) is 25.1 Å². The Labute approximate surface area is 148 Å². The van der Waals surface area contributed by atoms with E-state index in [4.69, 9.17) is 0 Å². The number of halogens is 4. The topological polar surface area (TPSA) is 61.7 Å². The van der Waals surface area contributed by atoms with Crippen molar-refractivity contribution in [3.05, 3.63) is 36.2 Å². The predicted molar refractivity (Wildman–Crippen MR) is 89.1 cm³/mol. The van der Waals surface area contributed by atoms with Crippen LogP contribution >= 0.6 is 12.4 Å². The molecule has 2 N–H and O–H groups in total. The molecular weight excluding hydrogens is 359 g/mol. The van der Waals surface area contributed by atoms with Crippen LogP contribution in [0.3, 0.4) is 0 Å². The molecule has 0 bridgehead atoms. The zero-order valence-electron chi connectivity index (χ0n) is 13.3. The molecule has 1 unspecified atom stereocenters. The van der Waals surface area contributed by atoms with Gasteiger partial charge in [-0.25, -0.2) is 4.52 Å². The maximum absolute atomic E-state index is 13.3. The van der Waals surface area contributed by atoms with Crippen molar-refractivity contribution < 1.29 is 18.0 Å². The number of pyridine rings is 1. The average Bonchev–Trinajstić information content (AvgIpc) is 2.99. The molecule has 1 fully saturated rings. The number of carbonyl (C=O) groups excluding carboxylic acids is 1. The highest BCUT2D eigenvalue weighted by Crippen LogP contribution is 2.25. The quantitative estimate of drug-likeness (QED) is 0.843. The fourth-order valence-corrected chi connectivity index (χ4v) is 2.84. The van der Waals surface area contributed by atoms with Crippen molar-refractivity contribution in [3.8, 4) is 0 Å². The van der Waals surface area contributed by atoms with Crippen LogP contribution in [0, 0.1) is 0 Å². The number of hydrogen-bond donors (Lipinski definition) is 2. The molecule has 0 spiro atoms. The van der Waals surface area contributed by atoms with Crippen molar-refractivity contribution in [2.45, 2.75) is 12.2 Å². The van der Waals surface area contributed by atoms with E-state index in [1.807, 2.05) is 0 Å². The lowest BCUT2D eigenvalue weighted by molar-refractivity contribution is -0.183. The summed E-state index contributed by atoms with van der Waals surface area (Å²) in [5, 5.41) is 9.45. The van der Waals surface area contributed by atoms with Crippen LogP contribution in [0.1, 0.15) is 10.4 Å². The molecule has 1 aliphatic heterocycles. The molecule has 10 heteroatoms.